The second-order valence-corrected chi connectivity index (χ2v) is 7.55. The number of anilines is 2. The second kappa shape index (κ2) is 9.93. The summed E-state index contributed by atoms with van der Waals surface area (Å²) in [6, 6.07) is 15.2. The van der Waals surface area contributed by atoms with E-state index in [0.29, 0.717) is 23.1 Å². The number of nitrogens with one attached hydrogen (secondary N) is 1. The minimum absolute atomic E-state index is 0.264. The SMILES string of the molecule is Fc1cc(Nc2nc(-c3cnccn3)cs2)ccc1OCCCCc1ccccc1. The molecule has 0 aliphatic heterocycles. The Morgan fingerprint density at radius 3 is 2.70 bits per heavy atom. The van der Waals surface area contributed by atoms with E-state index in [0.717, 1.165) is 25.0 Å². The number of benzene rings is 2. The fraction of sp³-hybridized carbons (Fsp3) is 0.174. The molecule has 0 radical (unpaired) electrons. The van der Waals surface area contributed by atoms with Crippen LogP contribution in [0.3, 0.4) is 0 Å². The lowest BCUT2D eigenvalue weighted by molar-refractivity contribution is 0.292. The van der Waals surface area contributed by atoms with Gasteiger partial charge in [0.1, 0.15) is 11.4 Å². The van der Waals surface area contributed by atoms with Gasteiger partial charge in [-0.2, -0.15) is 0 Å². The Morgan fingerprint density at radius 2 is 1.90 bits per heavy atom. The number of hydrogen-bond donors (Lipinski definition) is 1. The van der Waals surface area contributed by atoms with Crippen LogP contribution in [0.15, 0.2) is 72.5 Å². The molecule has 0 bridgehead atoms. The highest BCUT2D eigenvalue weighted by Gasteiger charge is 2.09. The van der Waals surface area contributed by atoms with Gasteiger partial charge in [-0.25, -0.2) is 9.37 Å². The molecule has 5 nitrogen and oxygen atoms in total. The first-order chi connectivity index (χ1) is 14.8. The molecule has 0 unspecified atom stereocenters. The molecule has 0 spiro atoms. The van der Waals surface area contributed by atoms with Crippen molar-refractivity contribution in [1.82, 2.24) is 15.0 Å². The van der Waals surface area contributed by atoms with Crippen molar-refractivity contribution < 1.29 is 9.13 Å². The van der Waals surface area contributed by atoms with Crippen LogP contribution < -0.4 is 10.1 Å². The Kier molecular flexibility index (Phi) is 6.61. The number of hydrogen-bond acceptors (Lipinski definition) is 6. The zero-order valence-electron chi connectivity index (χ0n) is 16.3. The number of halogens is 1. The highest BCUT2D eigenvalue weighted by atomic mass is 32.1. The molecule has 0 amide bonds. The van der Waals surface area contributed by atoms with Crippen LogP contribution in [0, 0.1) is 5.82 Å². The minimum atomic E-state index is -0.395. The third kappa shape index (κ3) is 5.39. The number of rotatable bonds is 9. The maximum absolute atomic E-state index is 14.4. The zero-order chi connectivity index (χ0) is 20.6. The summed E-state index contributed by atoms with van der Waals surface area (Å²) in [6.45, 7) is 0.491. The summed E-state index contributed by atoms with van der Waals surface area (Å²) in [5.41, 5.74) is 3.35. The average Bonchev–Trinajstić information content (AvgIpc) is 3.25. The molecule has 4 rings (SSSR count). The second-order valence-electron chi connectivity index (χ2n) is 6.69. The summed E-state index contributed by atoms with van der Waals surface area (Å²) < 4.78 is 20.0. The van der Waals surface area contributed by atoms with Crippen LogP contribution in [-0.2, 0) is 6.42 Å². The molecule has 2 aromatic carbocycles. The van der Waals surface area contributed by atoms with Gasteiger partial charge in [0, 0.05) is 29.5 Å². The maximum atomic E-state index is 14.4. The summed E-state index contributed by atoms with van der Waals surface area (Å²) in [5.74, 6) is -0.131. The van der Waals surface area contributed by atoms with Crippen molar-refractivity contribution in [3.8, 4) is 17.1 Å². The van der Waals surface area contributed by atoms with Crippen molar-refractivity contribution in [2.24, 2.45) is 0 Å². The Hall–Kier alpha value is -3.32. The number of ether oxygens (including phenoxy) is 1. The fourth-order valence-corrected chi connectivity index (χ4v) is 3.68. The third-order valence-corrected chi connectivity index (χ3v) is 5.23. The van der Waals surface area contributed by atoms with Gasteiger partial charge >= 0.3 is 0 Å². The molecule has 0 atom stereocenters. The first kappa shape index (κ1) is 20.0. The van der Waals surface area contributed by atoms with Crippen LogP contribution in [0.25, 0.3) is 11.4 Å². The summed E-state index contributed by atoms with van der Waals surface area (Å²) >= 11 is 1.42. The highest BCUT2D eigenvalue weighted by molar-refractivity contribution is 7.14. The molecule has 0 fully saturated rings. The molecule has 30 heavy (non-hydrogen) atoms. The van der Waals surface area contributed by atoms with Crippen molar-refractivity contribution in [1.29, 1.82) is 0 Å². The Balaban J connectivity index is 1.27. The number of thiazole rings is 1. The monoisotopic (exact) mass is 420 g/mol. The van der Waals surface area contributed by atoms with E-state index in [9.17, 15) is 4.39 Å². The predicted octanol–water partition coefficient (Wildman–Crippen LogP) is 5.88. The summed E-state index contributed by atoms with van der Waals surface area (Å²) in [5, 5.41) is 5.66. The molecule has 2 heterocycles. The van der Waals surface area contributed by atoms with Crippen LogP contribution in [0.1, 0.15) is 18.4 Å². The minimum Gasteiger partial charge on any atom is -0.491 e. The molecule has 1 N–H and O–H groups in total. The van der Waals surface area contributed by atoms with Crippen molar-refractivity contribution in [3.05, 3.63) is 83.9 Å². The molecule has 152 valence electrons. The van der Waals surface area contributed by atoms with Crippen molar-refractivity contribution >= 4 is 22.2 Å². The lowest BCUT2D eigenvalue weighted by Gasteiger charge is -2.09. The first-order valence-electron chi connectivity index (χ1n) is 9.73. The van der Waals surface area contributed by atoms with Gasteiger partial charge in [-0.15, -0.1) is 11.3 Å². The zero-order valence-corrected chi connectivity index (χ0v) is 17.1. The van der Waals surface area contributed by atoms with E-state index in [-0.39, 0.29) is 5.75 Å². The third-order valence-electron chi connectivity index (χ3n) is 4.47. The lowest BCUT2D eigenvalue weighted by atomic mass is 10.1. The van der Waals surface area contributed by atoms with Gasteiger partial charge in [-0.1, -0.05) is 30.3 Å². The topological polar surface area (TPSA) is 59.9 Å². The van der Waals surface area contributed by atoms with Crippen LogP contribution in [0.4, 0.5) is 15.2 Å². The van der Waals surface area contributed by atoms with E-state index in [2.05, 4.69) is 32.4 Å². The van der Waals surface area contributed by atoms with Gasteiger partial charge in [0.05, 0.1) is 12.8 Å². The van der Waals surface area contributed by atoms with E-state index >= 15 is 0 Å². The van der Waals surface area contributed by atoms with Gasteiger partial charge in [0.25, 0.3) is 0 Å². The fourth-order valence-electron chi connectivity index (χ4n) is 2.96. The molecule has 0 saturated heterocycles. The standard InChI is InChI=1S/C23H21FN4OS/c24-19-14-18(27-23-28-21(16-30-23)20-15-25-11-12-26-20)9-10-22(19)29-13-5-4-8-17-6-2-1-3-7-17/h1-3,6-7,9-12,14-16H,4-5,8,13H2,(H,27,28). The van der Waals surface area contributed by atoms with Crippen molar-refractivity contribution in [2.45, 2.75) is 19.3 Å². The smallest absolute Gasteiger partial charge is 0.187 e. The predicted molar refractivity (Wildman–Crippen MR) is 118 cm³/mol. The van der Waals surface area contributed by atoms with Gasteiger partial charge < -0.3 is 10.1 Å². The molecule has 0 saturated carbocycles. The largest absolute Gasteiger partial charge is 0.491 e. The Labute approximate surface area is 178 Å². The van der Waals surface area contributed by atoms with Crippen LogP contribution >= 0.6 is 11.3 Å². The van der Waals surface area contributed by atoms with Crippen molar-refractivity contribution in [3.63, 3.8) is 0 Å². The van der Waals surface area contributed by atoms with E-state index in [4.69, 9.17) is 4.74 Å². The molecule has 0 aliphatic rings. The van der Waals surface area contributed by atoms with Gasteiger partial charge in [0.2, 0.25) is 0 Å². The number of unbranched alkanes of at least 4 members (excludes halogenated alkanes) is 1. The van der Waals surface area contributed by atoms with Crippen molar-refractivity contribution in [2.75, 3.05) is 11.9 Å². The Bertz CT molecular complexity index is 1070. The van der Waals surface area contributed by atoms with E-state index in [1.165, 1.54) is 23.0 Å². The van der Waals surface area contributed by atoms with E-state index < -0.39 is 5.82 Å². The first-order valence-corrected chi connectivity index (χ1v) is 10.6. The van der Waals surface area contributed by atoms with Crippen LogP contribution in [0.2, 0.25) is 0 Å². The van der Waals surface area contributed by atoms with E-state index in [1.807, 2.05) is 23.6 Å². The summed E-state index contributed by atoms with van der Waals surface area (Å²) in [7, 11) is 0. The molecule has 2 aromatic heterocycles. The molecule has 0 aliphatic carbocycles. The molecular weight excluding hydrogens is 399 g/mol. The molecule has 7 heteroatoms. The van der Waals surface area contributed by atoms with Gasteiger partial charge in [-0.3, -0.25) is 9.97 Å². The molecular formula is C23H21FN4OS. The average molecular weight is 421 g/mol. The number of nitrogens with zero attached hydrogens (tertiary/aromatic N) is 3. The van der Waals surface area contributed by atoms with E-state index in [1.54, 1.807) is 30.7 Å². The quantitative estimate of drug-likeness (QED) is 0.342. The summed E-state index contributed by atoms with van der Waals surface area (Å²) in [4.78, 5) is 12.8. The van der Waals surface area contributed by atoms with Gasteiger partial charge in [0.15, 0.2) is 16.7 Å². The van der Waals surface area contributed by atoms with Gasteiger partial charge in [-0.05, 0) is 37.0 Å². The Morgan fingerprint density at radius 1 is 1.00 bits per heavy atom. The molecule has 4 aromatic rings. The normalized spacial score (nSPS) is 10.7. The van der Waals surface area contributed by atoms with Crippen LogP contribution in [-0.4, -0.2) is 21.6 Å². The van der Waals surface area contributed by atoms with Crippen LogP contribution in [0.5, 0.6) is 5.75 Å². The lowest BCUT2D eigenvalue weighted by Crippen LogP contribution is -2.01. The highest BCUT2D eigenvalue weighted by Crippen LogP contribution is 2.28. The number of aryl methyl sites for hydroxylation is 1. The number of aromatic nitrogens is 3. The maximum Gasteiger partial charge on any atom is 0.187 e. The summed E-state index contributed by atoms with van der Waals surface area (Å²) in [6.07, 6.45) is 7.77.